The predicted octanol–water partition coefficient (Wildman–Crippen LogP) is 5.41. The van der Waals surface area contributed by atoms with Gasteiger partial charge in [-0.05, 0) is 74.3 Å². The second-order valence-electron chi connectivity index (χ2n) is 13.8. The van der Waals surface area contributed by atoms with E-state index in [0.717, 1.165) is 49.5 Å². The van der Waals surface area contributed by atoms with E-state index in [0.29, 0.717) is 71.4 Å². The number of nitrogens with one attached hydrogen (secondary N) is 1. The van der Waals surface area contributed by atoms with Crippen LogP contribution in [0.2, 0.25) is 5.02 Å². The summed E-state index contributed by atoms with van der Waals surface area (Å²) in [5, 5.41) is 12.6. The Hall–Kier alpha value is -3.55. The minimum absolute atomic E-state index is 0.0542. The molecule has 6 rings (SSSR count). The van der Waals surface area contributed by atoms with Crippen molar-refractivity contribution in [2.45, 2.75) is 69.6 Å². The van der Waals surface area contributed by atoms with Gasteiger partial charge in [-0.15, -0.1) is 0 Å². The van der Waals surface area contributed by atoms with Gasteiger partial charge in [0, 0.05) is 83.2 Å². The molecular weight excluding hydrogens is 675 g/mol. The fourth-order valence-corrected chi connectivity index (χ4v) is 8.10. The first-order valence-corrected chi connectivity index (χ1v) is 18.0. The van der Waals surface area contributed by atoms with Crippen molar-refractivity contribution < 1.29 is 37.4 Å². The number of hydrogen-bond acceptors (Lipinski definition) is 6. The van der Waals surface area contributed by atoms with Crippen LogP contribution in [0.25, 0.3) is 0 Å². The molecule has 0 unspecified atom stereocenters. The van der Waals surface area contributed by atoms with E-state index in [1.807, 2.05) is 29.2 Å². The van der Waals surface area contributed by atoms with Crippen LogP contribution in [0.5, 0.6) is 5.75 Å². The molecule has 4 aliphatic rings. The number of phenols is 1. The number of urea groups is 1. The van der Waals surface area contributed by atoms with Gasteiger partial charge in [-0.1, -0.05) is 29.8 Å². The first-order valence-electron chi connectivity index (χ1n) is 17.6. The maximum atomic E-state index is 14.2. The fraction of sp³-hybridized carbons (Fsp3) is 0.583. The number of hydrogen-bond donors (Lipinski definition) is 2. The summed E-state index contributed by atoms with van der Waals surface area (Å²) in [6.45, 7) is 5.22. The third kappa shape index (κ3) is 8.48. The number of benzene rings is 2. The number of carbonyl (C=O) groups excluding carboxylic acids is 3. The van der Waals surface area contributed by atoms with Crippen molar-refractivity contribution in [3.05, 3.63) is 58.1 Å². The van der Waals surface area contributed by atoms with Crippen LogP contribution in [0, 0.1) is 5.92 Å². The zero-order valence-corrected chi connectivity index (χ0v) is 28.9. The molecule has 1 atom stereocenters. The van der Waals surface area contributed by atoms with Crippen molar-refractivity contribution in [2.75, 3.05) is 64.3 Å². The largest absolute Gasteiger partial charge is 0.506 e. The molecule has 4 amide bonds. The van der Waals surface area contributed by atoms with E-state index in [1.54, 1.807) is 9.80 Å². The van der Waals surface area contributed by atoms with Gasteiger partial charge in [0.2, 0.25) is 11.8 Å². The van der Waals surface area contributed by atoms with Crippen LogP contribution in [0.15, 0.2) is 36.4 Å². The van der Waals surface area contributed by atoms with Crippen LogP contribution in [0.3, 0.4) is 0 Å². The molecule has 0 saturated carbocycles. The number of piperidine rings is 1. The van der Waals surface area contributed by atoms with Gasteiger partial charge in [0.05, 0.1) is 16.5 Å². The molecule has 272 valence electrons. The molecule has 0 aromatic heterocycles. The molecule has 4 aliphatic heterocycles. The Morgan fingerprint density at radius 3 is 2.42 bits per heavy atom. The summed E-state index contributed by atoms with van der Waals surface area (Å²) < 4.78 is 46.8. The summed E-state index contributed by atoms with van der Waals surface area (Å²) in [6.07, 6.45) is -0.692. The molecule has 3 fully saturated rings. The van der Waals surface area contributed by atoms with Gasteiger partial charge in [-0.2, -0.15) is 13.2 Å². The average molecular weight is 720 g/mol. The zero-order valence-electron chi connectivity index (χ0n) is 28.1. The molecule has 0 spiro atoms. The van der Waals surface area contributed by atoms with E-state index >= 15 is 0 Å². The molecule has 3 saturated heterocycles. The standard InChI is InChI=1S/C36H45ClF3N5O5/c37-30-22-24(21-29(33(30)47)36(38,39)40)20-26(34(48)44-12-3-11-42(16-17-44)27-9-18-50-19-10-27)23-32(46)43-13-7-28(8-14-43)45-15-6-25-4-1-2-5-31(25)41-35(45)49/h1-2,4-5,21-22,26-28,47H,3,6-20,23H2,(H,41,49)/t26-/m0/s1. The Morgan fingerprint density at radius 1 is 0.940 bits per heavy atom. The number of phenolic OH excluding ortho intramolecular Hbond substituents is 1. The Balaban J connectivity index is 1.14. The second kappa shape index (κ2) is 15.8. The maximum absolute atomic E-state index is 14.2. The molecule has 2 aromatic carbocycles. The van der Waals surface area contributed by atoms with Crippen molar-refractivity contribution in [2.24, 2.45) is 5.92 Å². The maximum Gasteiger partial charge on any atom is 0.420 e. The lowest BCUT2D eigenvalue weighted by molar-refractivity contribution is -0.142. The summed E-state index contributed by atoms with van der Waals surface area (Å²) in [4.78, 5) is 48.7. The number of aromatic hydroxyl groups is 1. The van der Waals surface area contributed by atoms with E-state index in [4.69, 9.17) is 16.3 Å². The molecule has 50 heavy (non-hydrogen) atoms. The Kier molecular flexibility index (Phi) is 11.4. The van der Waals surface area contributed by atoms with E-state index in [2.05, 4.69) is 10.2 Å². The molecule has 0 radical (unpaired) electrons. The number of ether oxygens (including phenoxy) is 1. The van der Waals surface area contributed by atoms with Gasteiger partial charge < -0.3 is 29.9 Å². The number of amides is 4. The number of rotatable bonds is 7. The third-order valence-corrected chi connectivity index (χ3v) is 10.9. The van der Waals surface area contributed by atoms with Crippen LogP contribution in [0.4, 0.5) is 23.7 Å². The van der Waals surface area contributed by atoms with Crippen molar-refractivity contribution >= 4 is 35.1 Å². The minimum Gasteiger partial charge on any atom is -0.506 e. The molecule has 0 bridgehead atoms. The normalized spacial score (nSPS) is 20.9. The van der Waals surface area contributed by atoms with Gasteiger partial charge in [-0.3, -0.25) is 14.5 Å². The Morgan fingerprint density at radius 2 is 1.68 bits per heavy atom. The van der Waals surface area contributed by atoms with Crippen molar-refractivity contribution in [3.8, 4) is 5.75 Å². The lowest BCUT2D eigenvalue weighted by Gasteiger charge is -2.38. The number of halogens is 4. The van der Waals surface area contributed by atoms with Crippen LogP contribution in [-0.2, 0) is 33.3 Å². The molecule has 4 heterocycles. The molecule has 0 aliphatic carbocycles. The third-order valence-electron chi connectivity index (χ3n) is 10.6. The number of fused-ring (bicyclic) bond motifs is 1. The highest BCUT2D eigenvalue weighted by Crippen LogP contribution is 2.41. The first kappa shape index (κ1) is 36.2. The topological polar surface area (TPSA) is 106 Å². The van der Waals surface area contributed by atoms with Gasteiger partial charge in [-0.25, -0.2) is 4.79 Å². The Labute approximate surface area is 295 Å². The summed E-state index contributed by atoms with van der Waals surface area (Å²) in [5.41, 5.74) is 0.727. The molecular formula is C36H45ClF3N5O5. The second-order valence-corrected chi connectivity index (χ2v) is 14.2. The summed E-state index contributed by atoms with van der Waals surface area (Å²) in [6, 6.07) is 9.95. The fourth-order valence-electron chi connectivity index (χ4n) is 7.86. The molecule has 10 nitrogen and oxygen atoms in total. The summed E-state index contributed by atoms with van der Waals surface area (Å²) >= 11 is 6.03. The average Bonchev–Trinajstić information content (AvgIpc) is 3.45. The number of likely N-dealkylation sites (tertiary alicyclic amines) is 1. The number of alkyl halides is 3. The van der Waals surface area contributed by atoms with Gasteiger partial charge >= 0.3 is 12.2 Å². The number of nitrogens with zero attached hydrogens (tertiary/aromatic N) is 4. The van der Waals surface area contributed by atoms with E-state index in [9.17, 15) is 32.7 Å². The SMILES string of the molecule is O=C(C[C@H](Cc1cc(Cl)c(O)c(C(F)(F)F)c1)C(=O)N1CCCN(C2CCOCC2)CC1)N1CCC(N2CCc3ccccc3NC2=O)CC1. The van der Waals surface area contributed by atoms with Crippen molar-refractivity contribution in [1.82, 2.24) is 19.6 Å². The van der Waals surface area contributed by atoms with Crippen LogP contribution >= 0.6 is 11.6 Å². The molecule has 2 aromatic rings. The minimum atomic E-state index is -4.85. The van der Waals surface area contributed by atoms with Crippen LogP contribution < -0.4 is 5.32 Å². The summed E-state index contributed by atoms with van der Waals surface area (Å²) in [5.74, 6) is -2.52. The highest BCUT2D eigenvalue weighted by molar-refractivity contribution is 6.32. The lowest BCUT2D eigenvalue weighted by Crippen LogP contribution is -2.50. The number of para-hydroxylation sites is 1. The van der Waals surface area contributed by atoms with E-state index in [1.165, 1.54) is 6.07 Å². The smallest absolute Gasteiger partial charge is 0.420 e. The predicted molar refractivity (Wildman–Crippen MR) is 182 cm³/mol. The van der Waals surface area contributed by atoms with Gasteiger partial charge in [0.25, 0.3) is 0 Å². The van der Waals surface area contributed by atoms with E-state index in [-0.39, 0.29) is 42.3 Å². The van der Waals surface area contributed by atoms with Crippen molar-refractivity contribution in [3.63, 3.8) is 0 Å². The molecule has 2 N–H and O–H groups in total. The summed E-state index contributed by atoms with van der Waals surface area (Å²) in [7, 11) is 0. The number of anilines is 1. The quantitative estimate of drug-likeness (QED) is 0.397. The van der Waals surface area contributed by atoms with Gasteiger partial charge in [0.15, 0.2) is 0 Å². The van der Waals surface area contributed by atoms with Crippen LogP contribution in [0.1, 0.15) is 55.2 Å². The first-order chi connectivity index (χ1) is 24.0. The van der Waals surface area contributed by atoms with Crippen molar-refractivity contribution in [1.29, 1.82) is 0 Å². The zero-order chi connectivity index (χ0) is 35.4. The highest BCUT2D eigenvalue weighted by atomic mass is 35.5. The molecule has 14 heteroatoms. The number of carbonyl (C=O) groups is 3. The highest BCUT2D eigenvalue weighted by Gasteiger charge is 2.38. The monoisotopic (exact) mass is 719 g/mol. The Bertz CT molecular complexity index is 1550. The van der Waals surface area contributed by atoms with Crippen LogP contribution in [-0.4, -0.2) is 114 Å². The van der Waals surface area contributed by atoms with E-state index < -0.39 is 28.4 Å². The van der Waals surface area contributed by atoms with Gasteiger partial charge in [0.1, 0.15) is 5.75 Å². The lowest BCUT2D eigenvalue weighted by atomic mass is 9.92.